The highest BCUT2D eigenvalue weighted by atomic mass is 35.5. The van der Waals surface area contributed by atoms with E-state index in [1.165, 1.54) is 12.1 Å². The third kappa shape index (κ3) is 7.75. The summed E-state index contributed by atoms with van der Waals surface area (Å²) in [5.41, 5.74) is 4.74. The van der Waals surface area contributed by atoms with Gasteiger partial charge in [-0.15, -0.1) is 0 Å². The van der Waals surface area contributed by atoms with Gasteiger partial charge >= 0.3 is 5.97 Å². The van der Waals surface area contributed by atoms with Crippen molar-refractivity contribution in [3.05, 3.63) is 107 Å². The Kier molecular flexibility index (Phi) is 11.3. The number of esters is 1. The SMILES string of the molecule is CCOC(=O)[C@@H](Cc1ccccc1OC)Oc1cccc2cc(-c3ccc(F)cc3)n(-c3ccc(OCCN4CCN(C)CC4)c(Cl)c3C)c12. The maximum atomic E-state index is 14.1. The van der Waals surface area contributed by atoms with Crippen molar-refractivity contribution in [2.24, 2.45) is 0 Å². The van der Waals surface area contributed by atoms with Crippen LogP contribution in [0.2, 0.25) is 5.02 Å². The van der Waals surface area contributed by atoms with Crippen molar-refractivity contribution in [2.45, 2.75) is 26.4 Å². The number of halogens is 2. The van der Waals surface area contributed by atoms with E-state index >= 15 is 0 Å². The molecule has 10 heteroatoms. The Morgan fingerprint density at radius 3 is 2.40 bits per heavy atom. The van der Waals surface area contributed by atoms with Gasteiger partial charge in [-0.05, 0) is 92.2 Å². The van der Waals surface area contributed by atoms with Crippen LogP contribution >= 0.6 is 11.6 Å². The predicted molar refractivity (Wildman–Crippen MR) is 196 cm³/mol. The van der Waals surface area contributed by atoms with Crippen molar-refractivity contribution in [3.63, 3.8) is 0 Å². The minimum absolute atomic E-state index is 0.210. The van der Waals surface area contributed by atoms with Crippen LogP contribution in [0.5, 0.6) is 17.2 Å². The highest BCUT2D eigenvalue weighted by Gasteiger charge is 2.27. The number of benzene rings is 4. The molecule has 1 aliphatic rings. The van der Waals surface area contributed by atoms with E-state index in [9.17, 15) is 9.18 Å². The first-order chi connectivity index (χ1) is 24.3. The number of rotatable bonds is 13. The van der Waals surface area contributed by atoms with Crippen molar-refractivity contribution in [1.29, 1.82) is 0 Å². The molecule has 0 saturated carbocycles. The third-order valence-corrected chi connectivity index (χ3v) is 9.64. The normalized spacial score (nSPS) is 14.4. The molecule has 2 heterocycles. The monoisotopic (exact) mass is 699 g/mol. The van der Waals surface area contributed by atoms with E-state index in [-0.39, 0.29) is 18.8 Å². The number of nitrogens with zero attached hydrogens (tertiary/aromatic N) is 3. The summed E-state index contributed by atoms with van der Waals surface area (Å²) >= 11 is 7.03. The van der Waals surface area contributed by atoms with Gasteiger partial charge in [-0.25, -0.2) is 9.18 Å². The summed E-state index contributed by atoms with van der Waals surface area (Å²) < 4.78 is 40.0. The number of fused-ring (bicyclic) bond motifs is 1. The molecule has 1 atom stereocenters. The Hall–Kier alpha value is -4.57. The number of hydrogen-bond acceptors (Lipinski definition) is 7. The minimum atomic E-state index is -0.963. The van der Waals surface area contributed by atoms with Crippen molar-refractivity contribution in [3.8, 4) is 34.2 Å². The molecule has 262 valence electrons. The number of likely N-dealkylation sites (N-methyl/N-ethyl adjacent to an activating group) is 1. The van der Waals surface area contributed by atoms with Crippen molar-refractivity contribution in [2.75, 3.05) is 60.1 Å². The summed E-state index contributed by atoms with van der Waals surface area (Å²) in [6, 6.07) is 25.5. The van der Waals surface area contributed by atoms with E-state index in [0.717, 1.165) is 71.7 Å². The number of hydrogen-bond donors (Lipinski definition) is 0. The molecule has 0 radical (unpaired) electrons. The molecule has 1 aromatic heterocycles. The van der Waals surface area contributed by atoms with Gasteiger partial charge in [-0.1, -0.05) is 41.9 Å². The highest BCUT2D eigenvalue weighted by molar-refractivity contribution is 6.33. The number of ether oxygens (including phenoxy) is 4. The van der Waals surface area contributed by atoms with E-state index in [2.05, 4.69) is 21.4 Å². The molecule has 6 rings (SSSR count). The van der Waals surface area contributed by atoms with Crippen LogP contribution < -0.4 is 14.2 Å². The number of para-hydroxylation sites is 2. The second kappa shape index (κ2) is 16.0. The molecule has 0 unspecified atom stereocenters. The van der Waals surface area contributed by atoms with Gasteiger partial charge in [-0.3, -0.25) is 4.90 Å². The number of aromatic nitrogens is 1. The molecule has 0 aliphatic carbocycles. The predicted octanol–water partition coefficient (Wildman–Crippen LogP) is 7.59. The van der Waals surface area contributed by atoms with Gasteiger partial charge in [0.05, 0.1) is 35.6 Å². The van der Waals surface area contributed by atoms with Gasteiger partial charge in [0.1, 0.15) is 29.7 Å². The lowest BCUT2D eigenvalue weighted by molar-refractivity contribution is -0.151. The summed E-state index contributed by atoms with van der Waals surface area (Å²) in [5.74, 6) is 0.932. The molecular formula is C40H43ClFN3O5. The third-order valence-electron chi connectivity index (χ3n) is 9.17. The van der Waals surface area contributed by atoms with Crippen molar-refractivity contribution >= 4 is 28.5 Å². The van der Waals surface area contributed by atoms with Crippen molar-refractivity contribution in [1.82, 2.24) is 14.4 Å². The molecule has 1 fully saturated rings. The van der Waals surface area contributed by atoms with Crippen LogP contribution in [0.3, 0.4) is 0 Å². The standard InChI is InChI=1S/C40H43ClFN3O5/c1-5-48-40(46)37(26-29-9-6-7-11-34(29)47-4)50-36-12-8-10-30-25-33(28-13-15-31(42)16-14-28)45(39(30)36)32-17-18-35(38(41)27(32)2)49-24-23-44-21-19-43(3)20-22-44/h6-18,25,37H,5,19-24,26H2,1-4H3/t37-/m1/s1. The lowest BCUT2D eigenvalue weighted by atomic mass is 10.1. The smallest absolute Gasteiger partial charge is 0.347 e. The molecule has 0 amide bonds. The summed E-state index contributed by atoms with van der Waals surface area (Å²) in [5, 5.41) is 1.37. The Morgan fingerprint density at radius 1 is 0.920 bits per heavy atom. The molecule has 5 aromatic rings. The van der Waals surface area contributed by atoms with Crippen LogP contribution in [0.4, 0.5) is 4.39 Å². The molecule has 50 heavy (non-hydrogen) atoms. The van der Waals surface area contributed by atoms with Crippen LogP contribution in [-0.4, -0.2) is 86.5 Å². The molecule has 4 aromatic carbocycles. The lowest BCUT2D eigenvalue weighted by Gasteiger charge is -2.32. The maximum absolute atomic E-state index is 14.1. The zero-order valence-corrected chi connectivity index (χ0v) is 29.7. The largest absolute Gasteiger partial charge is 0.496 e. The molecule has 8 nitrogen and oxygen atoms in total. The van der Waals surface area contributed by atoms with Gasteiger partial charge in [-0.2, -0.15) is 0 Å². The fourth-order valence-electron chi connectivity index (χ4n) is 6.40. The van der Waals surface area contributed by atoms with Gasteiger partial charge in [0, 0.05) is 44.5 Å². The van der Waals surface area contributed by atoms with Gasteiger partial charge in [0.25, 0.3) is 0 Å². The molecule has 0 bridgehead atoms. The topological polar surface area (TPSA) is 65.4 Å². The van der Waals surface area contributed by atoms with E-state index in [0.29, 0.717) is 28.9 Å². The first kappa shape index (κ1) is 35.3. The molecule has 1 saturated heterocycles. The van der Waals surface area contributed by atoms with Crippen LogP contribution in [0.15, 0.2) is 84.9 Å². The average molecular weight is 700 g/mol. The maximum Gasteiger partial charge on any atom is 0.347 e. The Bertz CT molecular complexity index is 1940. The van der Waals surface area contributed by atoms with E-state index in [4.69, 9.17) is 30.5 Å². The number of carbonyl (C=O) groups is 1. The van der Waals surface area contributed by atoms with Gasteiger partial charge < -0.3 is 28.4 Å². The van der Waals surface area contributed by atoms with E-state index in [1.54, 1.807) is 26.2 Å². The molecule has 0 N–H and O–H groups in total. The van der Waals surface area contributed by atoms with Crippen LogP contribution in [0.1, 0.15) is 18.1 Å². The number of methoxy groups -OCH3 is 1. The first-order valence-electron chi connectivity index (χ1n) is 17.0. The lowest BCUT2D eigenvalue weighted by Crippen LogP contribution is -2.45. The number of piperazine rings is 1. The van der Waals surface area contributed by atoms with E-state index < -0.39 is 12.1 Å². The fraction of sp³-hybridized carbons (Fsp3) is 0.325. The molecular weight excluding hydrogens is 657 g/mol. The summed E-state index contributed by atoms with van der Waals surface area (Å²) in [6.07, 6.45) is -0.731. The highest BCUT2D eigenvalue weighted by Crippen LogP contribution is 2.41. The summed E-state index contributed by atoms with van der Waals surface area (Å²) in [6.45, 7) is 9.39. The van der Waals surface area contributed by atoms with Gasteiger partial charge in [0.2, 0.25) is 0 Å². The van der Waals surface area contributed by atoms with Crippen LogP contribution in [-0.2, 0) is 16.0 Å². The number of carbonyl (C=O) groups excluding carboxylic acids is 1. The average Bonchev–Trinajstić information content (AvgIpc) is 3.51. The first-order valence-corrected chi connectivity index (χ1v) is 17.3. The summed E-state index contributed by atoms with van der Waals surface area (Å²) in [7, 11) is 3.74. The second-order valence-corrected chi connectivity index (χ2v) is 12.8. The zero-order valence-electron chi connectivity index (χ0n) is 29.0. The van der Waals surface area contributed by atoms with Crippen LogP contribution in [0, 0.1) is 12.7 Å². The van der Waals surface area contributed by atoms with Crippen LogP contribution in [0.25, 0.3) is 27.8 Å². The van der Waals surface area contributed by atoms with Gasteiger partial charge in [0.15, 0.2) is 6.10 Å². The second-order valence-electron chi connectivity index (χ2n) is 12.5. The Balaban J connectivity index is 1.40. The Morgan fingerprint density at radius 2 is 1.66 bits per heavy atom. The Labute approximate surface area is 297 Å². The fourth-order valence-corrected chi connectivity index (χ4v) is 6.61. The molecule has 0 spiro atoms. The molecule has 1 aliphatic heterocycles. The minimum Gasteiger partial charge on any atom is -0.496 e. The zero-order chi connectivity index (χ0) is 35.2. The van der Waals surface area contributed by atoms with E-state index in [1.807, 2.05) is 67.6 Å². The summed E-state index contributed by atoms with van der Waals surface area (Å²) in [4.78, 5) is 18.1. The quantitative estimate of drug-likeness (QED) is 0.117. The van der Waals surface area contributed by atoms with Crippen molar-refractivity contribution < 1.29 is 28.1 Å².